The largest absolute Gasteiger partial charge is 1.00 e. The van der Waals surface area contributed by atoms with Crippen molar-refractivity contribution in [2.75, 3.05) is 13.1 Å². The van der Waals surface area contributed by atoms with Crippen molar-refractivity contribution in [3.05, 3.63) is 0 Å². The molecule has 1 aliphatic heterocycles. The van der Waals surface area contributed by atoms with Crippen LogP contribution in [-0.2, 0) is 14.1 Å². The number of hydrogen-bond acceptors (Lipinski definition) is 4. The van der Waals surface area contributed by atoms with Gasteiger partial charge in [-0.1, -0.05) is 20.8 Å². The first-order valence-electron chi connectivity index (χ1n) is 10.3. The van der Waals surface area contributed by atoms with Gasteiger partial charge in [0.15, 0.2) is 6.04 Å². The van der Waals surface area contributed by atoms with E-state index in [-0.39, 0.29) is 49.0 Å². The maximum atomic E-state index is 12.2. The van der Waals surface area contributed by atoms with Crippen LogP contribution in [-0.4, -0.2) is 43.9 Å². The fraction of sp³-hybridized carbons (Fsp3) is 0.947. The zero-order valence-electron chi connectivity index (χ0n) is 17.3. The number of hydrogen-bond donors (Lipinski definition) is 3. The van der Waals surface area contributed by atoms with E-state index >= 15 is 0 Å². The number of carbonyl (C=O) groups excluding carboxylic acids is 1. The van der Waals surface area contributed by atoms with E-state index in [1.54, 1.807) is 0 Å². The quantitative estimate of drug-likeness (QED) is 0.322. The van der Waals surface area contributed by atoms with Crippen molar-refractivity contribution in [2.45, 2.75) is 83.4 Å². The zero-order chi connectivity index (χ0) is 19.1. The molecule has 6 N–H and O–H groups in total. The molecular formula is C19H37BClN3O3. The number of amides is 1. The third-order valence-corrected chi connectivity index (χ3v) is 7.41. The van der Waals surface area contributed by atoms with E-state index in [1.807, 2.05) is 0 Å². The Balaban J connectivity index is 0.00000261. The van der Waals surface area contributed by atoms with E-state index < -0.39 is 0 Å². The summed E-state index contributed by atoms with van der Waals surface area (Å²) >= 11 is 0. The third kappa shape index (κ3) is 4.18. The average Bonchev–Trinajstić information content (AvgIpc) is 2.96. The third-order valence-electron chi connectivity index (χ3n) is 7.41. The second kappa shape index (κ2) is 8.58. The average molecular weight is 402 g/mol. The highest BCUT2D eigenvalue weighted by atomic mass is 35.5. The first-order valence-corrected chi connectivity index (χ1v) is 10.3. The smallest absolute Gasteiger partial charge is 0.462 e. The summed E-state index contributed by atoms with van der Waals surface area (Å²) in [5.41, 5.74) is 9.64. The highest BCUT2D eigenvalue weighted by Crippen LogP contribution is 2.66. The molecular weight excluding hydrogens is 364 g/mol. The summed E-state index contributed by atoms with van der Waals surface area (Å²) in [6.45, 7) is 10.3. The van der Waals surface area contributed by atoms with Gasteiger partial charge in [0.25, 0.3) is 5.91 Å². The summed E-state index contributed by atoms with van der Waals surface area (Å²) in [7, 11) is -0.235. The molecule has 3 saturated carbocycles. The van der Waals surface area contributed by atoms with Crippen molar-refractivity contribution >= 4 is 13.0 Å². The molecule has 156 valence electrons. The van der Waals surface area contributed by atoms with Crippen molar-refractivity contribution in [3.8, 4) is 0 Å². The first-order chi connectivity index (χ1) is 12.2. The van der Waals surface area contributed by atoms with Gasteiger partial charge in [-0.3, -0.25) is 4.79 Å². The van der Waals surface area contributed by atoms with Crippen LogP contribution >= 0.6 is 0 Å². The van der Waals surface area contributed by atoms with E-state index in [4.69, 9.17) is 15.0 Å². The van der Waals surface area contributed by atoms with Crippen molar-refractivity contribution in [1.29, 1.82) is 0 Å². The molecule has 4 fully saturated rings. The molecule has 1 heterocycles. The molecule has 3 aliphatic carbocycles. The highest BCUT2D eigenvalue weighted by Gasteiger charge is 2.68. The number of quaternary nitrogens is 1. The van der Waals surface area contributed by atoms with Crippen LogP contribution in [0.3, 0.4) is 0 Å². The van der Waals surface area contributed by atoms with Gasteiger partial charge in [-0.25, -0.2) is 0 Å². The second-order valence-electron chi connectivity index (χ2n) is 9.54. The van der Waals surface area contributed by atoms with Gasteiger partial charge in [-0.2, -0.15) is 0 Å². The predicted molar refractivity (Wildman–Crippen MR) is 102 cm³/mol. The Bertz CT molecular complexity index is 538. The zero-order valence-corrected chi connectivity index (χ0v) is 18.1. The predicted octanol–water partition coefficient (Wildman–Crippen LogP) is -2.04. The van der Waals surface area contributed by atoms with Gasteiger partial charge in [0.05, 0.1) is 11.7 Å². The van der Waals surface area contributed by atoms with Gasteiger partial charge in [0.1, 0.15) is 0 Å². The van der Waals surface area contributed by atoms with Crippen molar-refractivity contribution in [2.24, 2.45) is 23.0 Å². The number of nitrogens with two attached hydrogens (primary N) is 1. The Hall–Kier alpha value is -0.335. The summed E-state index contributed by atoms with van der Waals surface area (Å²) in [4.78, 5) is 12.2. The summed E-state index contributed by atoms with van der Waals surface area (Å²) in [6.07, 6.45) is 5.22. The van der Waals surface area contributed by atoms with Gasteiger partial charge in [-0.15, -0.1) is 0 Å². The lowest BCUT2D eigenvalue weighted by atomic mass is 9.43. The summed E-state index contributed by atoms with van der Waals surface area (Å²) < 4.78 is 12.8. The maximum Gasteiger partial charge on any atom is 0.462 e. The van der Waals surface area contributed by atoms with E-state index in [0.717, 1.165) is 31.6 Å². The van der Waals surface area contributed by atoms with E-state index in [1.165, 1.54) is 6.42 Å². The van der Waals surface area contributed by atoms with Crippen LogP contribution in [0.1, 0.15) is 59.8 Å². The summed E-state index contributed by atoms with van der Waals surface area (Å²) in [5.74, 6) is 1.46. The number of halogens is 1. The van der Waals surface area contributed by atoms with Crippen molar-refractivity contribution in [1.82, 2.24) is 5.32 Å². The SMILES string of the molecule is C[C@H](CNC(=O)[C@@H]([NH3+])CCCCN)B1O[C@H]2C[C@H]3C[C@H](C3(C)C)[C@@]2(C)O1.[Cl-]. The first kappa shape index (κ1) is 22.9. The molecule has 0 aromatic heterocycles. The van der Waals surface area contributed by atoms with Crippen LogP contribution in [0.25, 0.3) is 0 Å². The minimum Gasteiger partial charge on any atom is -1.00 e. The van der Waals surface area contributed by atoms with Gasteiger partial charge in [0.2, 0.25) is 0 Å². The van der Waals surface area contributed by atoms with Crippen molar-refractivity contribution in [3.63, 3.8) is 0 Å². The molecule has 1 saturated heterocycles. The van der Waals surface area contributed by atoms with E-state index in [2.05, 4.69) is 38.7 Å². The fourth-order valence-electron chi connectivity index (χ4n) is 5.31. The van der Waals surface area contributed by atoms with Crippen LogP contribution < -0.4 is 29.2 Å². The van der Waals surface area contributed by atoms with Crippen LogP contribution in [0.2, 0.25) is 5.82 Å². The van der Waals surface area contributed by atoms with E-state index in [9.17, 15) is 4.79 Å². The Morgan fingerprint density at radius 1 is 1.33 bits per heavy atom. The normalized spacial score (nSPS) is 35.5. The minimum atomic E-state index is -0.235. The minimum absolute atomic E-state index is 0. The van der Waals surface area contributed by atoms with E-state index in [0.29, 0.717) is 24.4 Å². The summed E-state index contributed by atoms with van der Waals surface area (Å²) in [5, 5.41) is 3.03. The molecule has 0 aromatic carbocycles. The molecule has 2 bridgehead atoms. The lowest BCUT2D eigenvalue weighted by molar-refractivity contribution is -0.405. The van der Waals surface area contributed by atoms with Gasteiger partial charge >= 0.3 is 7.12 Å². The van der Waals surface area contributed by atoms with Gasteiger partial charge in [0, 0.05) is 18.8 Å². The van der Waals surface area contributed by atoms with Crippen LogP contribution in [0.15, 0.2) is 0 Å². The highest BCUT2D eigenvalue weighted by molar-refractivity contribution is 6.47. The number of unbranched alkanes of at least 4 members (excludes halogenated alkanes) is 1. The van der Waals surface area contributed by atoms with Crippen LogP contribution in [0.5, 0.6) is 0 Å². The fourth-order valence-corrected chi connectivity index (χ4v) is 5.31. The molecule has 0 radical (unpaired) electrons. The van der Waals surface area contributed by atoms with Crippen LogP contribution in [0, 0.1) is 17.3 Å². The molecule has 0 unspecified atom stereocenters. The Labute approximate surface area is 170 Å². The van der Waals surface area contributed by atoms with Crippen molar-refractivity contribution < 1.29 is 32.2 Å². The lowest BCUT2D eigenvalue weighted by Gasteiger charge is -2.64. The Morgan fingerprint density at radius 2 is 2.04 bits per heavy atom. The molecule has 0 spiro atoms. The summed E-state index contributed by atoms with van der Waals surface area (Å²) in [6, 6.07) is -0.215. The molecule has 6 nitrogen and oxygen atoms in total. The monoisotopic (exact) mass is 401 g/mol. The van der Waals surface area contributed by atoms with Crippen LogP contribution in [0.4, 0.5) is 0 Å². The maximum absolute atomic E-state index is 12.2. The molecule has 4 aliphatic rings. The second-order valence-corrected chi connectivity index (χ2v) is 9.54. The standard InChI is InChI=1S/C19H36BN3O3.ClH/c1-12(11-23-17(24)14(22)7-5-6-8-21)20-25-16-10-13-9-15(18(13,2)3)19(16,4)26-20;/h12-16H,5-11,21-22H2,1-4H3,(H,23,24);1H/t12-,13-,14+,15-,16+,19-;/m1./s1. The Kier molecular flexibility index (Phi) is 7.29. The number of nitrogens with one attached hydrogen (secondary N) is 1. The number of rotatable bonds is 8. The molecule has 8 heteroatoms. The number of carbonyl (C=O) groups is 1. The molecule has 0 aromatic rings. The molecule has 6 atom stereocenters. The molecule has 4 rings (SSSR count). The molecule has 1 amide bonds. The lowest BCUT2D eigenvalue weighted by Crippen LogP contribution is -3.00. The topological polar surface area (TPSA) is 101 Å². The van der Waals surface area contributed by atoms with Gasteiger partial charge < -0.3 is 38.5 Å². The Morgan fingerprint density at radius 3 is 2.67 bits per heavy atom. The van der Waals surface area contributed by atoms with Gasteiger partial charge in [-0.05, 0) is 56.4 Å². The molecule has 27 heavy (non-hydrogen) atoms.